The van der Waals surface area contributed by atoms with E-state index in [4.69, 9.17) is 9.84 Å². The van der Waals surface area contributed by atoms with Gasteiger partial charge in [0.05, 0.1) is 6.61 Å². The van der Waals surface area contributed by atoms with Crippen molar-refractivity contribution in [2.24, 2.45) is 0 Å². The zero-order valence-electron chi connectivity index (χ0n) is 13.0. The van der Waals surface area contributed by atoms with E-state index in [1.54, 1.807) is 0 Å². The molecule has 6 nitrogen and oxygen atoms in total. The van der Waals surface area contributed by atoms with Crippen LogP contribution in [0.3, 0.4) is 0 Å². The highest BCUT2D eigenvalue weighted by Gasteiger charge is 2.21. The smallest absolute Gasteiger partial charge is 0.272 e. The van der Waals surface area contributed by atoms with Gasteiger partial charge in [-0.3, -0.25) is 9.89 Å². The van der Waals surface area contributed by atoms with Crippen LogP contribution < -0.4 is 10.1 Å². The highest BCUT2D eigenvalue weighted by Crippen LogP contribution is 2.22. The van der Waals surface area contributed by atoms with E-state index in [2.05, 4.69) is 15.5 Å². The first-order valence-electron chi connectivity index (χ1n) is 7.95. The summed E-state index contributed by atoms with van der Waals surface area (Å²) in [6.07, 6.45) is 4.12. The van der Waals surface area contributed by atoms with Gasteiger partial charge in [0.25, 0.3) is 5.91 Å². The fourth-order valence-corrected chi connectivity index (χ4v) is 2.87. The second-order valence-electron chi connectivity index (χ2n) is 5.60. The first-order chi connectivity index (χ1) is 11.3. The monoisotopic (exact) mass is 315 g/mol. The summed E-state index contributed by atoms with van der Waals surface area (Å²) < 4.78 is 5.48. The minimum Gasteiger partial charge on any atom is -0.491 e. The van der Waals surface area contributed by atoms with Crippen molar-refractivity contribution < 1.29 is 14.6 Å². The summed E-state index contributed by atoms with van der Waals surface area (Å²) in [5, 5.41) is 18.9. The van der Waals surface area contributed by atoms with Gasteiger partial charge in [-0.05, 0) is 31.7 Å². The van der Waals surface area contributed by atoms with E-state index >= 15 is 0 Å². The first kappa shape index (κ1) is 15.6. The Morgan fingerprint density at radius 2 is 2.13 bits per heavy atom. The van der Waals surface area contributed by atoms with Crippen molar-refractivity contribution in [2.45, 2.75) is 32.2 Å². The lowest BCUT2D eigenvalue weighted by molar-refractivity contribution is 0.0944. The third-order valence-corrected chi connectivity index (χ3v) is 4.03. The summed E-state index contributed by atoms with van der Waals surface area (Å²) in [5.74, 6) is 0.507. The van der Waals surface area contributed by atoms with Crippen LogP contribution in [0.2, 0.25) is 0 Å². The molecule has 1 heterocycles. The molecule has 1 amide bonds. The molecule has 3 N–H and O–H groups in total. The van der Waals surface area contributed by atoms with Gasteiger partial charge in [0.1, 0.15) is 12.4 Å². The number of para-hydroxylation sites is 1. The summed E-state index contributed by atoms with van der Waals surface area (Å²) >= 11 is 0. The normalized spacial score (nSPS) is 13.4. The molecule has 0 aliphatic heterocycles. The molecule has 0 saturated heterocycles. The molecular weight excluding hydrogens is 294 g/mol. The van der Waals surface area contributed by atoms with Gasteiger partial charge in [-0.1, -0.05) is 18.2 Å². The Hall–Kier alpha value is -2.34. The van der Waals surface area contributed by atoms with Crippen molar-refractivity contribution in [1.29, 1.82) is 0 Å². The lowest BCUT2D eigenvalue weighted by Crippen LogP contribution is -2.25. The minimum atomic E-state index is -0.165. The third-order valence-electron chi connectivity index (χ3n) is 4.03. The summed E-state index contributed by atoms with van der Waals surface area (Å²) in [5.41, 5.74) is 3.53. The van der Waals surface area contributed by atoms with Crippen LogP contribution in [0.15, 0.2) is 24.3 Å². The van der Waals surface area contributed by atoms with Gasteiger partial charge in [0.15, 0.2) is 5.69 Å². The van der Waals surface area contributed by atoms with E-state index in [1.807, 2.05) is 24.3 Å². The van der Waals surface area contributed by atoms with Crippen LogP contribution in [-0.4, -0.2) is 34.4 Å². The molecule has 0 bridgehead atoms. The number of carbonyl (C=O) groups is 1. The maximum Gasteiger partial charge on any atom is 0.272 e. The summed E-state index contributed by atoms with van der Waals surface area (Å²) in [6, 6.07) is 7.48. The van der Waals surface area contributed by atoms with Gasteiger partial charge in [0, 0.05) is 23.4 Å². The number of rotatable bonds is 6. The fourth-order valence-electron chi connectivity index (χ4n) is 2.87. The molecule has 0 fully saturated rings. The number of hydrogen-bond donors (Lipinski definition) is 3. The van der Waals surface area contributed by atoms with Crippen LogP contribution >= 0.6 is 0 Å². The van der Waals surface area contributed by atoms with Crippen LogP contribution in [0, 0.1) is 0 Å². The third kappa shape index (κ3) is 3.53. The standard InChI is InChI=1S/C17H21N3O3/c21-9-10-23-15-8-4-1-5-12(15)11-18-17(22)16-13-6-2-3-7-14(13)19-20-16/h1,4-5,8,21H,2-3,6-7,9-11H2,(H,18,22)(H,19,20). The predicted octanol–water partition coefficient (Wildman–Crippen LogP) is 1.59. The van der Waals surface area contributed by atoms with E-state index < -0.39 is 0 Å². The molecule has 23 heavy (non-hydrogen) atoms. The molecule has 122 valence electrons. The maximum absolute atomic E-state index is 12.4. The summed E-state index contributed by atoms with van der Waals surface area (Å²) in [7, 11) is 0. The number of aromatic amines is 1. The molecule has 2 aromatic rings. The van der Waals surface area contributed by atoms with Gasteiger partial charge in [-0.25, -0.2) is 0 Å². The van der Waals surface area contributed by atoms with Crippen molar-refractivity contribution in [1.82, 2.24) is 15.5 Å². The molecule has 1 aliphatic rings. The number of aryl methyl sites for hydroxylation is 1. The molecule has 0 atom stereocenters. The Kier molecular flexibility index (Phi) is 4.92. The number of fused-ring (bicyclic) bond motifs is 1. The number of H-pyrrole nitrogens is 1. The Balaban J connectivity index is 1.66. The van der Waals surface area contributed by atoms with Crippen LogP contribution in [0.25, 0.3) is 0 Å². The maximum atomic E-state index is 12.4. The Morgan fingerprint density at radius 3 is 3.00 bits per heavy atom. The number of nitrogens with zero attached hydrogens (tertiary/aromatic N) is 1. The van der Waals surface area contributed by atoms with Gasteiger partial charge < -0.3 is 15.2 Å². The average Bonchev–Trinajstić information content (AvgIpc) is 3.02. The van der Waals surface area contributed by atoms with Gasteiger partial charge in [0.2, 0.25) is 0 Å². The molecule has 0 saturated carbocycles. The molecule has 1 aromatic heterocycles. The quantitative estimate of drug-likeness (QED) is 0.755. The van der Waals surface area contributed by atoms with Gasteiger partial charge in [-0.2, -0.15) is 5.10 Å². The Morgan fingerprint density at radius 1 is 1.30 bits per heavy atom. The van der Waals surface area contributed by atoms with Crippen LogP contribution in [0.4, 0.5) is 0 Å². The number of aliphatic hydroxyl groups excluding tert-OH is 1. The van der Waals surface area contributed by atoms with Crippen molar-refractivity contribution in [2.75, 3.05) is 13.2 Å². The number of nitrogens with one attached hydrogen (secondary N) is 2. The zero-order chi connectivity index (χ0) is 16.1. The summed E-state index contributed by atoms with van der Waals surface area (Å²) in [4.78, 5) is 12.4. The van der Waals surface area contributed by atoms with E-state index in [-0.39, 0.29) is 19.1 Å². The van der Waals surface area contributed by atoms with E-state index in [9.17, 15) is 4.79 Å². The van der Waals surface area contributed by atoms with Gasteiger partial charge in [-0.15, -0.1) is 0 Å². The van der Waals surface area contributed by atoms with Crippen LogP contribution in [0.5, 0.6) is 5.75 Å². The number of benzene rings is 1. The number of aliphatic hydroxyl groups is 1. The molecule has 0 radical (unpaired) electrons. The van der Waals surface area contributed by atoms with E-state index in [1.165, 1.54) is 0 Å². The van der Waals surface area contributed by atoms with Crippen LogP contribution in [0.1, 0.15) is 40.2 Å². The number of ether oxygens (including phenoxy) is 1. The zero-order valence-corrected chi connectivity index (χ0v) is 13.0. The van der Waals surface area contributed by atoms with Crippen molar-refractivity contribution in [3.8, 4) is 5.75 Å². The lowest BCUT2D eigenvalue weighted by Gasteiger charge is -2.12. The van der Waals surface area contributed by atoms with Gasteiger partial charge >= 0.3 is 0 Å². The van der Waals surface area contributed by atoms with Crippen molar-refractivity contribution in [3.63, 3.8) is 0 Å². The average molecular weight is 315 g/mol. The van der Waals surface area contributed by atoms with Crippen LogP contribution in [-0.2, 0) is 19.4 Å². The second-order valence-corrected chi connectivity index (χ2v) is 5.60. The molecule has 1 aromatic carbocycles. The second kappa shape index (κ2) is 7.28. The number of hydrogen-bond acceptors (Lipinski definition) is 4. The SMILES string of the molecule is O=C(NCc1ccccc1OCCO)c1n[nH]c2c1CCCC2. The molecule has 6 heteroatoms. The predicted molar refractivity (Wildman–Crippen MR) is 85.4 cm³/mol. The van der Waals surface area contributed by atoms with Crippen molar-refractivity contribution >= 4 is 5.91 Å². The molecule has 0 unspecified atom stereocenters. The highest BCUT2D eigenvalue weighted by molar-refractivity contribution is 5.94. The molecule has 0 spiro atoms. The topological polar surface area (TPSA) is 87.2 Å². The first-order valence-corrected chi connectivity index (χ1v) is 7.95. The highest BCUT2D eigenvalue weighted by atomic mass is 16.5. The Labute approximate surface area is 134 Å². The molecule has 1 aliphatic carbocycles. The lowest BCUT2D eigenvalue weighted by atomic mass is 9.96. The number of carbonyl (C=O) groups excluding carboxylic acids is 1. The largest absolute Gasteiger partial charge is 0.491 e. The minimum absolute atomic E-state index is 0.0416. The summed E-state index contributed by atoms with van der Waals surface area (Å²) in [6.45, 7) is 0.556. The molecular formula is C17H21N3O3. The van der Waals surface area contributed by atoms with Crippen molar-refractivity contribution in [3.05, 3.63) is 46.8 Å². The number of amides is 1. The molecule has 3 rings (SSSR count). The Bertz CT molecular complexity index is 681. The number of aromatic nitrogens is 2. The fraction of sp³-hybridized carbons (Fsp3) is 0.412. The van der Waals surface area contributed by atoms with E-state index in [0.29, 0.717) is 18.0 Å². The van der Waals surface area contributed by atoms with E-state index in [0.717, 1.165) is 42.5 Å².